The maximum Gasteiger partial charge on any atom is 0.240 e. The van der Waals surface area contributed by atoms with Crippen LogP contribution in [0.4, 0.5) is 5.69 Å². The number of carbonyl (C=O) groups is 1. The Balaban J connectivity index is 1.46. The lowest BCUT2D eigenvalue weighted by molar-refractivity contribution is -0.119. The number of benzene rings is 2. The van der Waals surface area contributed by atoms with E-state index in [0.29, 0.717) is 18.3 Å². The van der Waals surface area contributed by atoms with Crippen LogP contribution in [0.1, 0.15) is 31.7 Å². The summed E-state index contributed by atoms with van der Waals surface area (Å²) in [4.78, 5) is 15.7. The highest BCUT2D eigenvalue weighted by atomic mass is 32.2. The van der Waals surface area contributed by atoms with Gasteiger partial charge in [-0.1, -0.05) is 37.3 Å². The van der Waals surface area contributed by atoms with Crippen molar-refractivity contribution in [2.75, 3.05) is 18.0 Å². The van der Waals surface area contributed by atoms with Gasteiger partial charge in [0.05, 0.1) is 10.6 Å². The van der Waals surface area contributed by atoms with Crippen molar-refractivity contribution >= 4 is 33.4 Å². The number of rotatable bonds is 7. The van der Waals surface area contributed by atoms with E-state index in [1.807, 2.05) is 36.4 Å². The zero-order chi connectivity index (χ0) is 20.4. The fourth-order valence-electron chi connectivity index (χ4n) is 3.57. The molecule has 0 saturated heterocycles. The predicted octanol–water partition coefficient (Wildman–Crippen LogP) is 3.83. The molecule has 0 spiro atoms. The van der Waals surface area contributed by atoms with Gasteiger partial charge in [-0.3, -0.25) is 4.79 Å². The molecule has 2 aromatic rings. The van der Waals surface area contributed by atoms with Gasteiger partial charge in [0.25, 0.3) is 0 Å². The average molecular weight is 431 g/mol. The Labute approximate surface area is 176 Å². The molecule has 1 saturated carbocycles. The summed E-state index contributed by atoms with van der Waals surface area (Å²) in [5.74, 6) is 0.235. The fraction of sp³-hybridized carbons (Fsp3) is 0.409. The summed E-state index contributed by atoms with van der Waals surface area (Å²) in [6.07, 6.45) is 3.43. The molecule has 4 rings (SSSR count). The molecule has 0 bridgehead atoms. The van der Waals surface area contributed by atoms with Gasteiger partial charge in [0.15, 0.2) is 0 Å². The molecular weight excluding hydrogens is 404 g/mol. The predicted molar refractivity (Wildman–Crippen MR) is 117 cm³/mol. The number of nitrogens with zero attached hydrogens (tertiary/aromatic N) is 1. The summed E-state index contributed by atoms with van der Waals surface area (Å²) < 4.78 is 28.3. The molecule has 1 aliphatic heterocycles. The molecule has 0 unspecified atom stereocenters. The zero-order valence-corrected chi connectivity index (χ0v) is 18.1. The Hall–Kier alpha value is -1.83. The second-order valence-corrected chi connectivity index (χ2v) is 11.0. The Morgan fingerprint density at radius 1 is 1.17 bits per heavy atom. The minimum absolute atomic E-state index is 0.106. The maximum absolute atomic E-state index is 12.8. The normalized spacial score (nSPS) is 19.1. The number of nitrogens with one attached hydrogen (secondary N) is 1. The molecule has 0 radical (unpaired) electrons. The molecule has 1 heterocycles. The standard InChI is InChI=1S/C22H26N2O3S2/c1-16-15-24(22(25)18-9-10-18)20-14-19(11-12-21(20)28-16)29(26,27)23-13-5-8-17-6-3-2-4-7-17/h2-4,6-7,11-12,14,16,18,23H,5,8-10,13,15H2,1H3/t16-/m1/s1. The molecule has 29 heavy (non-hydrogen) atoms. The molecule has 1 N–H and O–H groups in total. The smallest absolute Gasteiger partial charge is 0.240 e. The third-order valence-corrected chi connectivity index (χ3v) is 7.88. The van der Waals surface area contributed by atoms with Crippen LogP contribution in [0.15, 0.2) is 58.3 Å². The van der Waals surface area contributed by atoms with Crippen LogP contribution in [0.25, 0.3) is 0 Å². The summed E-state index contributed by atoms with van der Waals surface area (Å²) in [6.45, 7) is 3.10. The SMILES string of the molecule is C[C@@H]1CN(C(=O)C2CC2)c2cc(S(=O)(=O)NCCCc3ccccc3)ccc2S1. The molecule has 2 aromatic carbocycles. The van der Waals surface area contributed by atoms with Crippen molar-refractivity contribution in [2.24, 2.45) is 5.92 Å². The largest absolute Gasteiger partial charge is 0.310 e. The summed E-state index contributed by atoms with van der Waals surface area (Å²) in [5.41, 5.74) is 1.93. The van der Waals surface area contributed by atoms with Gasteiger partial charge in [0.2, 0.25) is 15.9 Å². The highest BCUT2D eigenvalue weighted by Gasteiger charge is 2.37. The number of fused-ring (bicyclic) bond motifs is 1. The summed E-state index contributed by atoms with van der Waals surface area (Å²) >= 11 is 1.69. The van der Waals surface area contributed by atoms with E-state index in [1.54, 1.807) is 28.8 Å². The van der Waals surface area contributed by atoms with E-state index in [2.05, 4.69) is 11.6 Å². The number of thioether (sulfide) groups is 1. The molecule has 154 valence electrons. The number of amides is 1. The van der Waals surface area contributed by atoms with Crippen molar-refractivity contribution in [2.45, 2.75) is 47.6 Å². The summed E-state index contributed by atoms with van der Waals surface area (Å²) in [5, 5.41) is 0.295. The lowest BCUT2D eigenvalue weighted by Gasteiger charge is -2.33. The van der Waals surface area contributed by atoms with Gasteiger partial charge >= 0.3 is 0 Å². The first kappa shape index (κ1) is 20.4. The van der Waals surface area contributed by atoms with Gasteiger partial charge in [-0.05, 0) is 49.4 Å². The minimum Gasteiger partial charge on any atom is -0.310 e. The highest BCUT2D eigenvalue weighted by molar-refractivity contribution is 8.00. The molecule has 1 fully saturated rings. The van der Waals surface area contributed by atoms with Gasteiger partial charge in [-0.25, -0.2) is 13.1 Å². The van der Waals surface area contributed by atoms with Crippen LogP contribution in [-0.4, -0.2) is 32.7 Å². The second kappa shape index (κ2) is 8.50. The van der Waals surface area contributed by atoms with Crippen LogP contribution in [0, 0.1) is 5.92 Å². The first-order valence-corrected chi connectivity index (χ1v) is 12.5. The number of carbonyl (C=O) groups excluding carboxylic acids is 1. The third-order valence-electron chi connectivity index (χ3n) is 5.27. The molecule has 1 amide bonds. The lowest BCUT2D eigenvalue weighted by atomic mass is 10.1. The highest BCUT2D eigenvalue weighted by Crippen LogP contribution is 2.42. The second-order valence-electron chi connectivity index (χ2n) is 7.77. The van der Waals surface area contributed by atoms with Crippen LogP contribution < -0.4 is 9.62 Å². The molecular formula is C22H26N2O3S2. The van der Waals surface area contributed by atoms with E-state index in [0.717, 1.165) is 36.3 Å². The number of hydrogen-bond acceptors (Lipinski definition) is 4. The Morgan fingerprint density at radius 3 is 2.66 bits per heavy atom. The molecule has 0 aromatic heterocycles. The first-order chi connectivity index (χ1) is 13.9. The van der Waals surface area contributed by atoms with Crippen molar-refractivity contribution in [3.8, 4) is 0 Å². The lowest BCUT2D eigenvalue weighted by Crippen LogP contribution is -2.39. The van der Waals surface area contributed by atoms with Gasteiger partial charge in [-0.15, -0.1) is 11.8 Å². The molecule has 5 nitrogen and oxygen atoms in total. The fourth-order valence-corrected chi connectivity index (χ4v) is 5.76. The van der Waals surface area contributed by atoms with E-state index in [9.17, 15) is 13.2 Å². The van der Waals surface area contributed by atoms with Crippen LogP contribution in [0.5, 0.6) is 0 Å². The third kappa shape index (κ3) is 4.85. The topological polar surface area (TPSA) is 66.5 Å². The summed E-state index contributed by atoms with van der Waals surface area (Å²) in [7, 11) is -3.61. The van der Waals surface area contributed by atoms with Crippen LogP contribution in [0.2, 0.25) is 0 Å². The van der Waals surface area contributed by atoms with E-state index in [-0.39, 0.29) is 16.7 Å². The van der Waals surface area contributed by atoms with Gasteiger partial charge in [-0.2, -0.15) is 0 Å². The average Bonchev–Trinajstić information content (AvgIpc) is 3.56. The monoisotopic (exact) mass is 430 g/mol. The van der Waals surface area contributed by atoms with Crippen molar-refractivity contribution in [3.63, 3.8) is 0 Å². The number of hydrogen-bond donors (Lipinski definition) is 1. The minimum atomic E-state index is -3.61. The number of sulfonamides is 1. The summed E-state index contributed by atoms with van der Waals surface area (Å²) in [6, 6.07) is 15.2. The molecule has 7 heteroatoms. The van der Waals surface area contributed by atoms with E-state index in [4.69, 9.17) is 0 Å². The molecule has 1 atom stereocenters. The van der Waals surface area contributed by atoms with E-state index < -0.39 is 10.0 Å². The number of anilines is 1. The van der Waals surface area contributed by atoms with Crippen LogP contribution in [-0.2, 0) is 21.2 Å². The van der Waals surface area contributed by atoms with Crippen LogP contribution in [0.3, 0.4) is 0 Å². The van der Waals surface area contributed by atoms with E-state index >= 15 is 0 Å². The van der Waals surface area contributed by atoms with Gasteiger partial charge in [0.1, 0.15) is 0 Å². The zero-order valence-electron chi connectivity index (χ0n) is 16.5. The van der Waals surface area contributed by atoms with Crippen LogP contribution >= 0.6 is 11.8 Å². The van der Waals surface area contributed by atoms with Crippen molar-refractivity contribution in [1.29, 1.82) is 0 Å². The quantitative estimate of drug-likeness (QED) is 0.678. The first-order valence-electron chi connectivity index (χ1n) is 10.1. The van der Waals surface area contributed by atoms with Gasteiger partial charge in [0, 0.05) is 29.2 Å². The molecule has 1 aliphatic carbocycles. The Bertz CT molecular complexity index is 988. The van der Waals surface area contributed by atoms with Crippen molar-refractivity contribution in [3.05, 3.63) is 54.1 Å². The maximum atomic E-state index is 12.8. The Morgan fingerprint density at radius 2 is 1.93 bits per heavy atom. The Kier molecular flexibility index (Phi) is 5.99. The van der Waals surface area contributed by atoms with Crippen molar-refractivity contribution < 1.29 is 13.2 Å². The van der Waals surface area contributed by atoms with Gasteiger partial charge < -0.3 is 4.90 Å². The van der Waals surface area contributed by atoms with E-state index in [1.165, 1.54) is 5.56 Å². The van der Waals surface area contributed by atoms with Crippen molar-refractivity contribution in [1.82, 2.24) is 4.72 Å². The molecule has 2 aliphatic rings. The number of aryl methyl sites for hydroxylation is 1.